The van der Waals surface area contributed by atoms with Crippen LogP contribution in [0.25, 0.3) is 21.7 Å². The van der Waals surface area contributed by atoms with Gasteiger partial charge in [0.1, 0.15) is 23.8 Å². The van der Waals surface area contributed by atoms with Gasteiger partial charge < -0.3 is 64.7 Å². The number of fused-ring (bicyclic) bond motifs is 2. The molecule has 6 fully saturated rings. The highest BCUT2D eigenvalue weighted by Crippen LogP contribution is 2.41. The summed E-state index contributed by atoms with van der Waals surface area (Å²) in [6.45, 7) is 12.8. The molecule has 1 aliphatic carbocycles. The number of aliphatic hydroxyl groups excluding tert-OH is 1. The molecule has 432 valence electrons. The molecule has 6 atom stereocenters. The van der Waals surface area contributed by atoms with E-state index in [1.54, 1.807) is 29.5 Å². The third kappa shape index (κ3) is 11.4. The number of nitrogens with zero attached hydrogens (tertiary/aromatic N) is 11. The molecule has 0 spiro atoms. The molecule has 2 bridgehead atoms. The van der Waals surface area contributed by atoms with Gasteiger partial charge in [0.25, 0.3) is 0 Å². The summed E-state index contributed by atoms with van der Waals surface area (Å²) in [7, 11) is 0. The number of β-amino-alcohol motifs (C(OH)–C–C–N with tert-alkyl or cyclic N) is 1. The van der Waals surface area contributed by atoms with Crippen LogP contribution in [0, 0.1) is 12.8 Å². The fourth-order valence-corrected chi connectivity index (χ4v) is 13.8. The van der Waals surface area contributed by atoms with Crippen LogP contribution >= 0.6 is 11.3 Å². The fraction of sp³-hybridized carbons (Fsp3) is 0.500. The number of hydrogen-bond donors (Lipinski definition) is 4. The summed E-state index contributed by atoms with van der Waals surface area (Å²) in [5, 5.41) is 37.3. The van der Waals surface area contributed by atoms with Crippen molar-refractivity contribution in [3.63, 3.8) is 0 Å². The molecule has 22 heteroatoms. The van der Waals surface area contributed by atoms with E-state index < -0.39 is 18.1 Å². The van der Waals surface area contributed by atoms with Gasteiger partial charge in [-0.3, -0.25) is 9.59 Å². The molecule has 5 N–H and O–H groups in total. The third-order valence-electron chi connectivity index (χ3n) is 17.5. The average molecular weight is 1140 g/mol. The number of aliphatic hydroxyl groups is 1. The number of piperazine rings is 2. The number of carbonyl (C=O) groups excluding carboxylic acids is 3. The number of phenols is 1. The molecule has 9 heterocycles. The number of aromatic nitrogens is 5. The van der Waals surface area contributed by atoms with Crippen LogP contribution in [0.1, 0.15) is 94.7 Å². The van der Waals surface area contributed by atoms with Crippen LogP contribution in [0.2, 0.25) is 0 Å². The number of aryl methyl sites for hydroxylation is 1. The van der Waals surface area contributed by atoms with Gasteiger partial charge in [0.15, 0.2) is 17.4 Å². The number of urea groups is 1. The largest absolute Gasteiger partial charge is 0.507 e. The van der Waals surface area contributed by atoms with E-state index in [-0.39, 0.29) is 78.9 Å². The van der Waals surface area contributed by atoms with Gasteiger partial charge in [-0.2, -0.15) is 0 Å². The number of aromatic hydroxyl groups is 1. The van der Waals surface area contributed by atoms with E-state index in [0.717, 1.165) is 84.7 Å². The molecular formula is C60H73N13O8S. The number of phenolic OH excluding ortho intramolecular Hbond substituents is 1. The lowest BCUT2D eigenvalue weighted by molar-refractivity contribution is -0.141. The van der Waals surface area contributed by atoms with Crippen molar-refractivity contribution < 1.29 is 38.6 Å². The molecule has 82 heavy (non-hydrogen) atoms. The number of likely N-dealkylation sites (tertiary alicyclic amines) is 2. The lowest BCUT2D eigenvalue weighted by atomic mass is 9.91. The number of amides is 4. The molecule has 4 aromatic heterocycles. The second kappa shape index (κ2) is 23.4. The lowest BCUT2D eigenvalue weighted by Crippen LogP contribution is -2.55. The number of thiazole rings is 1. The molecule has 21 nitrogen and oxygen atoms in total. The van der Waals surface area contributed by atoms with Crippen molar-refractivity contribution in [2.45, 2.75) is 127 Å². The smallest absolute Gasteiger partial charge is 0.320 e. The van der Waals surface area contributed by atoms with Crippen LogP contribution in [0.4, 0.5) is 27.8 Å². The van der Waals surface area contributed by atoms with Crippen molar-refractivity contribution in [2.24, 2.45) is 5.92 Å². The molecule has 6 aromatic rings. The second-order valence-corrected chi connectivity index (χ2v) is 24.2. The number of piperidine rings is 1. The second-order valence-electron chi connectivity index (χ2n) is 23.3. The zero-order chi connectivity index (χ0) is 56.8. The Bertz CT molecular complexity index is 3230. The summed E-state index contributed by atoms with van der Waals surface area (Å²) < 4.78 is 18.9. The van der Waals surface area contributed by atoms with Crippen molar-refractivity contribution in [1.82, 2.24) is 45.3 Å². The molecule has 5 aliphatic heterocycles. The number of anilines is 4. The van der Waals surface area contributed by atoms with Gasteiger partial charge in [-0.1, -0.05) is 55.4 Å². The van der Waals surface area contributed by atoms with E-state index in [4.69, 9.17) is 19.7 Å². The van der Waals surface area contributed by atoms with Crippen LogP contribution in [-0.2, 0) is 14.3 Å². The molecule has 2 unspecified atom stereocenters. The topological polar surface area (TPSA) is 245 Å². The number of benzene rings is 2. The Hall–Kier alpha value is -7.56. The summed E-state index contributed by atoms with van der Waals surface area (Å²) >= 11 is 1.59. The van der Waals surface area contributed by atoms with E-state index in [2.05, 4.69) is 57.5 Å². The van der Waals surface area contributed by atoms with Crippen LogP contribution in [0.15, 0.2) is 89.0 Å². The van der Waals surface area contributed by atoms with Crippen molar-refractivity contribution in [1.29, 1.82) is 0 Å². The van der Waals surface area contributed by atoms with Gasteiger partial charge in [-0.05, 0) is 80.8 Å². The maximum Gasteiger partial charge on any atom is 0.320 e. The minimum atomic E-state index is -0.841. The molecule has 0 radical (unpaired) electrons. The lowest BCUT2D eigenvalue weighted by Gasteiger charge is -2.43. The van der Waals surface area contributed by atoms with Crippen LogP contribution < -0.4 is 30.5 Å². The number of hydrogen-bond acceptors (Lipinski definition) is 18. The number of nitrogens with one attached hydrogen (secondary N) is 1. The summed E-state index contributed by atoms with van der Waals surface area (Å²) in [6, 6.07) is 22.4. The Morgan fingerprint density at radius 2 is 1.54 bits per heavy atom. The van der Waals surface area contributed by atoms with E-state index in [1.165, 1.54) is 4.90 Å². The summed E-state index contributed by atoms with van der Waals surface area (Å²) in [4.78, 5) is 64.3. The van der Waals surface area contributed by atoms with Crippen molar-refractivity contribution >= 4 is 52.2 Å². The van der Waals surface area contributed by atoms with E-state index in [1.807, 2.05) is 91.7 Å². The maximum absolute atomic E-state index is 14.4. The van der Waals surface area contributed by atoms with Crippen molar-refractivity contribution in [3.05, 3.63) is 102 Å². The van der Waals surface area contributed by atoms with Gasteiger partial charge in [0, 0.05) is 120 Å². The first-order valence-corrected chi connectivity index (χ1v) is 29.9. The summed E-state index contributed by atoms with van der Waals surface area (Å²) in [5.74, 6) is 0.628. The highest BCUT2D eigenvalue weighted by molar-refractivity contribution is 7.13. The van der Waals surface area contributed by atoms with E-state index >= 15 is 0 Å². The standard InChI is InChI=1S/C60H73N13O8S/c1-35(2)55(59(77)72-33-43(74)26-50(72)58(76)64-36(3)38-9-11-39(12-10-38)56-37(4)63-34-82-56)52-30-53(67-81-52)68-21-23-70(24-22-68)60(78)69-19-16-44(17-20-69)79-45-27-46(28-45)80-54-25-40(15-18-62-54)73-41-13-14-42(73)32-71(31-41)49-29-48(65-66-57(49)61)47-7-5-6-8-51(47)75/h5-12,15,18,25,29-30,34-36,41-46,50,55,74-75H,13-14,16-17,19-24,26-28,31-33H2,1-4H3,(H2,61,66)(H,64,76)/t36-,41?,42?,43+,45-,46-,50-,55-/m0/s1. The molecule has 12 rings (SSSR count). The monoisotopic (exact) mass is 1140 g/mol. The molecular weight excluding hydrogens is 1060 g/mol. The Morgan fingerprint density at radius 1 is 0.805 bits per heavy atom. The Morgan fingerprint density at radius 3 is 2.24 bits per heavy atom. The van der Waals surface area contributed by atoms with E-state index in [9.17, 15) is 24.6 Å². The number of para-hydroxylation sites is 1. The Kier molecular flexibility index (Phi) is 15.7. The molecule has 5 saturated heterocycles. The zero-order valence-electron chi connectivity index (χ0n) is 46.9. The molecule has 6 aliphatic rings. The predicted molar refractivity (Wildman–Crippen MR) is 311 cm³/mol. The quantitative estimate of drug-likeness (QED) is 0.0807. The van der Waals surface area contributed by atoms with Crippen LogP contribution in [0.5, 0.6) is 11.6 Å². The Labute approximate surface area is 481 Å². The third-order valence-corrected chi connectivity index (χ3v) is 18.5. The first-order valence-electron chi connectivity index (χ1n) is 29.0. The number of rotatable bonds is 15. The number of carbonyl (C=O) groups is 3. The van der Waals surface area contributed by atoms with Crippen molar-refractivity contribution in [3.8, 4) is 33.3 Å². The normalized spacial score (nSPS) is 23.7. The highest BCUT2D eigenvalue weighted by Gasteiger charge is 2.45. The minimum Gasteiger partial charge on any atom is -0.507 e. The first kappa shape index (κ1) is 55.0. The van der Waals surface area contributed by atoms with E-state index in [0.29, 0.717) is 73.8 Å². The van der Waals surface area contributed by atoms with Gasteiger partial charge in [0.2, 0.25) is 17.7 Å². The number of pyridine rings is 1. The molecule has 2 aromatic carbocycles. The van der Waals surface area contributed by atoms with Gasteiger partial charge in [-0.25, -0.2) is 14.8 Å². The highest BCUT2D eigenvalue weighted by atomic mass is 32.1. The molecule has 1 saturated carbocycles. The first-order chi connectivity index (χ1) is 39.7. The zero-order valence-corrected chi connectivity index (χ0v) is 47.7. The number of nitrogen functional groups attached to an aromatic ring is 1. The SMILES string of the molecule is Cc1ncsc1-c1ccc([C@H](C)NC(=O)[C@@H]2C[C@@H](O)CN2C(=O)[C@H](c2cc(N3CCN(C(=O)N4CCC(O[C@H]5C[C@H](Oc6cc(N7C8CCC7CN(c7cc(-c9ccccc9O)nnc7N)C8)ccn6)C5)CC4)CC3)no2)C(C)C)cc1. The van der Waals surface area contributed by atoms with Gasteiger partial charge in [-0.15, -0.1) is 21.5 Å². The number of nitrogens with two attached hydrogens (primary N) is 1. The number of ether oxygens (including phenoxy) is 2. The van der Waals surface area contributed by atoms with Gasteiger partial charge in [0.05, 0.1) is 51.8 Å². The maximum atomic E-state index is 14.4. The summed E-state index contributed by atoms with van der Waals surface area (Å²) in [6.07, 6.45) is 6.58. The Balaban J connectivity index is 0.573. The van der Waals surface area contributed by atoms with Crippen molar-refractivity contribution in [2.75, 3.05) is 79.3 Å². The fourth-order valence-electron chi connectivity index (χ4n) is 13.0. The van der Waals surface area contributed by atoms with Crippen LogP contribution in [0.3, 0.4) is 0 Å². The van der Waals surface area contributed by atoms with Crippen LogP contribution in [-0.4, -0.2) is 170 Å². The average Bonchev–Trinajstić information content (AvgIpc) is 4.45. The molecule has 4 amide bonds. The minimum absolute atomic E-state index is 0.0207. The summed E-state index contributed by atoms with van der Waals surface area (Å²) in [5.41, 5.74) is 14.3. The van der Waals surface area contributed by atoms with Gasteiger partial charge >= 0.3 is 6.03 Å². The predicted octanol–water partition coefficient (Wildman–Crippen LogP) is 7.02.